The van der Waals surface area contributed by atoms with Crippen LogP contribution in [0.25, 0.3) is 0 Å². The lowest BCUT2D eigenvalue weighted by molar-refractivity contribution is 0.168. The molecule has 1 aromatic rings. The Kier molecular flexibility index (Phi) is 4.31. The number of allylic oxidation sites excluding steroid dienone is 1. The summed E-state index contributed by atoms with van der Waals surface area (Å²) >= 11 is 0. The third-order valence-corrected chi connectivity index (χ3v) is 2.93. The molecule has 0 aromatic heterocycles. The first-order valence-electron chi connectivity index (χ1n) is 6.23. The fourth-order valence-electron chi connectivity index (χ4n) is 2.06. The highest BCUT2D eigenvalue weighted by Gasteiger charge is 2.20. The molecule has 2 nitrogen and oxygen atoms in total. The van der Waals surface area contributed by atoms with E-state index in [0.717, 1.165) is 31.2 Å². The number of rotatable bonds is 4. The minimum atomic E-state index is -0.827. The summed E-state index contributed by atoms with van der Waals surface area (Å²) in [5.74, 6) is -0.853. The molecular weight excluding hydrogens is 236 g/mol. The van der Waals surface area contributed by atoms with Crippen LogP contribution in [-0.4, -0.2) is 13.2 Å². The summed E-state index contributed by atoms with van der Waals surface area (Å²) in [5.41, 5.74) is 0.684. The molecule has 1 aliphatic rings. The van der Waals surface area contributed by atoms with Crippen molar-refractivity contribution >= 4 is 0 Å². The molecule has 0 aliphatic carbocycles. The minimum absolute atomic E-state index is 0.203. The van der Waals surface area contributed by atoms with E-state index in [-0.39, 0.29) is 6.04 Å². The first-order chi connectivity index (χ1) is 8.72. The Morgan fingerprint density at radius 3 is 2.78 bits per heavy atom. The second kappa shape index (κ2) is 5.96. The second-order valence-electron chi connectivity index (χ2n) is 4.26. The van der Waals surface area contributed by atoms with Gasteiger partial charge in [0.25, 0.3) is 0 Å². The monoisotopic (exact) mass is 253 g/mol. The van der Waals surface area contributed by atoms with E-state index in [1.165, 1.54) is 6.07 Å². The van der Waals surface area contributed by atoms with E-state index in [9.17, 15) is 8.78 Å². The van der Waals surface area contributed by atoms with Crippen molar-refractivity contribution in [1.29, 1.82) is 0 Å². The molecule has 2 rings (SSSR count). The van der Waals surface area contributed by atoms with Crippen LogP contribution in [0, 0.1) is 11.6 Å². The molecule has 0 radical (unpaired) electrons. The van der Waals surface area contributed by atoms with E-state index >= 15 is 0 Å². The molecule has 1 aliphatic heterocycles. The van der Waals surface area contributed by atoms with Crippen LogP contribution in [0.4, 0.5) is 8.78 Å². The van der Waals surface area contributed by atoms with E-state index in [1.807, 2.05) is 13.0 Å². The summed E-state index contributed by atoms with van der Waals surface area (Å²) in [6.45, 7) is 3.37. The van der Waals surface area contributed by atoms with Gasteiger partial charge in [-0.05, 0) is 43.2 Å². The van der Waals surface area contributed by atoms with Gasteiger partial charge in [0.05, 0.1) is 12.6 Å². The summed E-state index contributed by atoms with van der Waals surface area (Å²) in [6.07, 6.45) is 3.97. The molecule has 18 heavy (non-hydrogen) atoms. The van der Waals surface area contributed by atoms with Crippen LogP contribution in [0.3, 0.4) is 0 Å². The molecule has 0 fully saturated rings. The number of hydrogen-bond acceptors (Lipinski definition) is 2. The van der Waals surface area contributed by atoms with Crippen molar-refractivity contribution in [2.45, 2.75) is 25.8 Å². The van der Waals surface area contributed by atoms with Gasteiger partial charge in [-0.2, -0.15) is 0 Å². The highest BCUT2D eigenvalue weighted by Crippen LogP contribution is 2.27. The van der Waals surface area contributed by atoms with E-state index in [0.29, 0.717) is 12.2 Å². The number of likely N-dealkylation sites (N-methyl/N-ethyl adjacent to an activating group) is 1. The lowest BCUT2D eigenvalue weighted by atomic mass is 10.0. The van der Waals surface area contributed by atoms with Crippen molar-refractivity contribution in [2.24, 2.45) is 0 Å². The Morgan fingerprint density at radius 1 is 1.33 bits per heavy atom. The van der Waals surface area contributed by atoms with E-state index < -0.39 is 11.6 Å². The molecule has 0 amide bonds. The zero-order chi connectivity index (χ0) is 13.0. The van der Waals surface area contributed by atoms with E-state index in [4.69, 9.17) is 4.74 Å². The van der Waals surface area contributed by atoms with Crippen LogP contribution in [0.1, 0.15) is 31.4 Å². The van der Waals surface area contributed by atoms with Gasteiger partial charge in [-0.1, -0.05) is 13.0 Å². The van der Waals surface area contributed by atoms with Gasteiger partial charge >= 0.3 is 0 Å². The Morgan fingerprint density at radius 2 is 2.17 bits per heavy atom. The van der Waals surface area contributed by atoms with Gasteiger partial charge in [-0.3, -0.25) is 0 Å². The highest BCUT2D eigenvalue weighted by molar-refractivity contribution is 5.27. The molecule has 0 saturated heterocycles. The van der Waals surface area contributed by atoms with Crippen LogP contribution in [0.5, 0.6) is 0 Å². The summed E-state index contributed by atoms with van der Waals surface area (Å²) in [6, 6.07) is 3.76. The molecule has 1 unspecified atom stereocenters. The Hall–Kier alpha value is -1.42. The first-order valence-corrected chi connectivity index (χ1v) is 6.23. The van der Waals surface area contributed by atoms with Gasteiger partial charge in [-0.15, -0.1) is 0 Å². The molecule has 4 heteroatoms. The van der Waals surface area contributed by atoms with Gasteiger partial charge in [0, 0.05) is 0 Å². The maximum absolute atomic E-state index is 13.3. The average molecular weight is 253 g/mol. The summed E-state index contributed by atoms with van der Waals surface area (Å²) in [4.78, 5) is 0. The standard InChI is InChI=1S/C14H17F2NO/c1-2-17-14(13-5-3-4-8-18-13)10-6-7-11(15)12(16)9-10/h5-7,9,14,17H,2-4,8H2,1H3. The van der Waals surface area contributed by atoms with Crippen LogP contribution in [-0.2, 0) is 4.74 Å². The highest BCUT2D eigenvalue weighted by atomic mass is 19.2. The SMILES string of the molecule is CCNC(C1=CCCCO1)c1ccc(F)c(F)c1. The Bertz CT molecular complexity index is 445. The van der Waals surface area contributed by atoms with Gasteiger partial charge < -0.3 is 10.1 Å². The van der Waals surface area contributed by atoms with Crippen LogP contribution in [0.15, 0.2) is 30.0 Å². The zero-order valence-electron chi connectivity index (χ0n) is 10.4. The molecule has 1 heterocycles. The second-order valence-corrected chi connectivity index (χ2v) is 4.26. The van der Waals surface area contributed by atoms with Crippen molar-refractivity contribution in [1.82, 2.24) is 5.32 Å². The predicted molar refractivity (Wildman–Crippen MR) is 66.0 cm³/mol. The molecular formula is C14H17F2NO. The first kappa shape index (κ1) is 13.0. The van der Waals surface area contributed by atoms with E-state index in [2.05, 4.69) is 5.32 Å². The van der Waals surface area contributed by atoms with Gasteiger partial charge in [0.1, 0.15) is 5.76 Å². The smallest absolute Gasteiger partial charge is 0.159 e. The molecule has 0 bridgehead atoms. The third kappa shape index (κ3) is 2.88. The van der Waals surface area contributed by atoms with Crippen molar-refractivity contribution in [2.75, 3.05) is 13.2 Å². The van der Waals surface area contributed by atoms with Crippen molar-refractivity contribution < 1.29 is 13.5 Å². The quantitative estimate of drug-likeness (QED) is 0.888. The van der Waals surface area contributed by atoms with Crippen molar-refractivity contribution in [3.05, 3.63) is 47.2 Å². The summed E-state index contributed by atoms with van der Waals surface area (Å²) in [7, 11) is 0. The van der Waals surface area contributed by atoms with Crippen LogP contribution < -0.4 is 5.32 Å². The summed E-state index contributed by atoms with van der Waals surface area (Å²) in [5, 5.41) is 3.23. The van der Waals surface area contributed by atoms with Gasteiger partial charge in [-0.25, -0.2) is 8.78 Å². The average Bonchev–Trinajstić information content (AvgIpc) is 2.40. The minimum Gasteiger partial charge on any atom is -0.496 e. The Balaban J connectivity index is 2.28. The normalized spacial score (nSPS) is 16.9. The predicted octanol–water partition coefficient (Wildman–Crippen LogP) is 3.31. The maximum atomic E-state index is 13.3. The lowest BCUT2D eigenvalue weighted by Crippen LogP contribution is -2.25. The molecule has 0 spiro atoms. The van der Waals surface area contributed by atoms with Gasteiger partial charge in [0.2, 0.25) is 0 Å². The molecule has 1 N–H and O–H groups in total. The molecule has 98 valence electrons. The van der Waals surface area contributed by atoms with Crippen molar-refractivity contribution in [3.63, 3.8) is 0 Å². The van der Waals surface area contributed by atoms with E-state index in [1.54, 1.807) is 6.07 Å². The lowest BCUT2D eigenvalue weighted by Gasteiger charge is -2.24. The Labute approximate surface area is 106 Å². The topological polar surface area (TPSA) is 21.3 Å². The maximum Gasteiger partial charge on any atom is 0.159 e. The largest absolute Gasteiger partial charge is 0.496 e. The van der Waals surface area contributed by atoms with Gasteiger partial charge in [0.15, 0.2) is 11.6 Å². The molecule has 1 aromatic carbocycles. The van der Waals surface area contributed by atoms with Crippen LogP contribution >= 0.6 is 0 Å². The van der Waals surface area contributed by atoms with Crippen molar-refractivity contribution in [3.8, 4) is 0 Å². The summed E-state index contributed by atoms with van der Waals surface area (Å²) < 4.78 is 31.8. The van der Waals surface area contributed by atoms with Crippen LogP contribution in [0.2, 0.25) is 0 Å². The molecule has 1 atom stereocenters. The fraction of sp³-hybridized carbons (Fsp3) is 0.429. The number of nitrogens with one attached hydrogen (secondary N) is 1. The fourth-order valence-corrected chi connectivity index (χ4v) is 2.06. The number of hydrogen-bond donors (Lipinski definition) is 1. The zero-order valence-corrected chi connectivity index (χ0v) is 10.4. The third-order valence-electron chi connectivity index (χ3n) is 2.93. The molecule has 0 saturated carbocycles. The number of ether oxygens (including phenoxy) is 1. The number of benzene rings is 1. The number of halogens is 2.